The smallest absolute Gasteiger partial charge is 0.308 e. The molecule has 6 heteroatoms. The van der Waals surface area contributed by atoms with Crippen molar-refractivity contribution in [1.82, 2.24) is 9.97 Å². The molecule has 0 radical (unpaired) electrons. The van der Waals surface area contributed by atoms with Crippen LogP contribution in [0.5, 0.6) is 5.75 Å². The fourth-order valence-electron chi connectivity index (χ4n) is 1.96. The minimum absolute atomic E-state index is 0.0200. The molecule has 1 N–H and O–H groups in total. The van der Waals surface area contributed by atoms with Crippen LogP contribution in [0.15, 0.2) is 12.4 Å². The first-order valence-electron chi connectivity index (χ1n) is 5.54. The Morgan fingerprint density at radius 2 is 2.00 bits per heavy atom. The van der Waals surface area contributed by atoms with Crippen molar-refractivity contribution in [2.24, 2.45) is 5.92 Å². The topological polar surface area (TPSA) is 75.5 Å². The van der Waals surface area contributed by atoms with Gasteiger partial charge in [-0.25, -0.2) is 9.97 Å². The summed E-state index contributed by atoms with van der Waals surface area (Å²) in [4.78, 5) is 21.4. The predicted molar refractivity (Wildman–Crippen MR) is 60.6 cm³/mol. The van der Waals surface area contributed by atoms with Gasteiger partial charge in [0.15, 0.2) is 5.75 Å². The van der Waals surface area contributed by atoms with Crippen LogP contribution in [-0.2, 0) is 9.53 Å². The monoisotopic (exact) mass is 237 g/mol. The molecule has 0 bridgehead atoms. The number of nitrogens with zero attached hydrogens (tertiary/aromatic N) is 3. The molecule has 0 spiro atoms. The summed E-state index contributed by atoms with van der Waals surface area (Å²) in [6.07, 6.45) is 4.23. The summed E-state index contributed by atoms with van der Waals surface area (Å²) >= 11 is 0. The van der Waals surface area contributed by atoms with E-state index in [4.69, 9.17) is 9.84 Å². The van der Waals surface area contributed by atoms with Crippen LogP contribution in [0.25, 0.3) is 0 Å². The highest BCUT2D eigenvalue weighted by Gasteiger charge is 2.26. The normalized spacial score (nSPS) is 16.9. The average Bonchev–Trinajstić information content (AvgIpc) is 2.39. The molecule has 2 rings (SSSR count). The maximum atomic E-state index is 11.3. The predicted octanol–water partition coefficient (Wildman–Crippen LogP) is 0.572. The molecule has 1 aliphatic rings. The molecule has 1 aliphatic heterocycles. The van der Waals surface area contributed by atoms with Gasteiger partial charge in [0.1, 0.15) is 0 Å². The first-order valence-corrected chi connectivity index (χ1v) is 5.54. The second-order valence-electron chi connectivity index (χ2n) is 4.03. The SMILES string of the molecule is COC(=O)C1CCN(c2ncc(O)cn2)CC1. The van der Waals surface area contributed by atoms with E-state index in [-0.39, 0.29) is 17.6 Å². The molecule has 0 unspecified atom stereocenters. The third-order valence-electron chi connectivity index (χ3n) is 2.94. The number of ether oxygens (including phenoxy) is 1. The molecule has 6 nitrogen and oxygen atoms in total. The minimum Gasteiger partial charge on any atom is -0.505 e. The van der Waals surface area contributed by atoms with Crippen molar-refractivity contribution in [2.75, 3.05) is 25.1 Å². The number of anilines is 1. The maximum absolute atomic E-state index is 11.3. The Kier molecular flexibility index (Phi) is 3.41. The molecule has 17 heavy (non-hydrogen) atoms. The third-order valence-corrected chi connectivity index (χ3v) is 2.94. The van der Waals surface area contributed by atoms with Crippen LogP contribution < -0.4 is 4.90 Å². The van der Waals surface area contributed by atoms with Crippen LogP contribution >= 0.6 is 0 Å². The van der Waals surface area contributed by atoms with E-state index in [2.05, 4.69) is 9.97 Å². The summed E-state index contributed by atoms with van der Waals surface area (Å²) in [5.41, 5.74) is 0. The summed E-state index contributed by atoms with van der Waals surface area (Å²) < 4.78 is 4.72. The van der Waals surface area contributed by atoms with Crippen molar-refractivity contribution in [1.29, 1.82) is 0 Å². The second-order valence-corrected chi connectivity index (χ2v) is 4.03. The number of hydrogen-bond donors (Lipinski definition) is 1. The van der Waals surface area contributed by atoms with Crippen LogP contribution in [-0.4, -0.2) is 41.2 Å². The molecule has 1 fully saturated rings. The van der Waals surface area contributed by atoms with Gasteiger partial charge in [0, 0.05) is 13.1 Å². The molecule has 1 aromatic heterocycles. The number of rotatable bonds is 2. The zero-order chi connectivity index (χ0) is 12.3. The fourth-order valence-corrected chi connectivity index (χ4v) is 1.96. The van der Waals surface area contributed by atoms with Gasteiger partial charge < -0.3 is 14.7 Å². The van der Waals surface area contributed by atoms with Gasteiger partial charge in [-0.15, -0.1) is 0 Å². The van der Waals surface area contributed by atoms with E-state index >= 15 is 0 Å². The van der Waals surface area contributed by atoms with Crippen molar-refractivity contribution in [2.45, 2.75) is 12.8 Å². The molecule has 92 valence electrons. The van der Waals surface area contributed by atoms with Crippen LogP contribution in [0.3, 0.4) is 0 Å². The number of carbonyl (C=O) groups excluding carboxylic acids is 1. The molecule has 0 aromatic carbocycles. The fraction of sp³-hybridized carbons (Fsp3) is 0.545. The van der Waals surface area contributed by atoms with Crippen LogP contribution in [0.1, 0.15) is 12.8 Å². The van der Waals surface area contributed by atoms with Gasteiger partial charge in [-0.3, -0.25) is 4.79 Å². The van der Waals surface area contributed by atoms with Crippen LogP contribution in [0, 0.1) is 5.92 Å². The number of piperidine rings is 1. The van der Waals surface area contributed by atoms with E-state index in [1.54, 1.807) is 0 Å². The summed E-state index contributed by atoms with van der Waals surface area (Å²) in [5.74, 6) is 0.481. The lowest BCUT2D eigenvalue weighted by atomic mass is 9.97. The molecular formula is C11H15N3O3. The Balaban J connectivity index is 1.95. The van der Waals surface area contributed by atoms with Gasteiger partial charge >= 0.3 is 5.97 Å². The van der Waals surface area contributed by atoms with Gasteiger partial charge in [0.2, 0.25) is 5.95 Å². The Bertz CT molecular complexity index is 385. The van der Waals surface area contributed by atoms with E-state index in [9.17, 15) is 4.79 Å². The Hall–Kier alpha value is -1.85. The third kappa shape index (κ3) is 2.64. The zero-order valence-electron chi connectivity index (χ0n) is 9.67. The van der Waals surface area contributed by atoms with Crippen molar-refractivity contribution in [3.8, 4) is 5.75 Å². The van der Waals surface area contributed by atoms with E-state index in [0.717, 1.165) is 25.9 Å². The first kappa shape index (κ1) is 11.6. The lowest BCUT2D eigenvalue weighted by molar-refractivity contribution is -0.146. The molecule has 1 saturated heterocycles. The van der Waals surface area contributed by atoms with E-state index < -0.39 is 0 Å². The molecule has 0 aliphatic carbocycles. The quantitative estimate of drug-likeness (QED) is 0.758. The van der Waals surface area contributed by atoms with Crippen molar-refractivity contribution >= 4 is 11.9 Å². The van der Waals surface area contributed by atoms with E-state index in [1.807, 2.05) is 4.90 Å². The number of esters is 1. The average molecular weight is 237 g/mol. The standard InChI is InChI=1S/C11H15N3O3/c1-17-10(16)8-2-4-14(5-3-8)11-12-6-9(15)7-13-11/h6-8,15H,2-5H2,1H3. The second kappa shape index (κ2) is 4.99. The number of hydrogen-bond acceptors (Lipinski definition) is 6. The van der Waals surface area contributed by atoms with E-state index in [0.29, 0.717) is 5.95 Å². The van der Waals surface area contributed by atoms with Gasteiger partial charge in [0.25, 0.3) is 0 Å². The number of carbonyl (C=O) groups is 1. The van der Waals surface area contributed by atoms with Gasteiger partial charge in [-0.1, -0.05) is 0 Å². The molecule has 2 heterocycles. The van der Waals surface area contributed by atoms with Crippen molar-refractivity contribution in [3.63, 3.8) is 0 Å². The maximum Gasteiger partial charge on any atom is 0.308 e. The van der Waals surface area contributed by atoms with Crippen molar-refractivity contribution in [3.05, 3.63) is 12.4 Å². The largest absolute Gasteiger partial charge is 0.505 e. The van der Waals surface area contributed by atoms with Crippen LogP contribution in [0.2, 0.25) is 0 Å². The first-order chi connectivity index (χ1) is 8.20. The van der Waals surface area contributed by atoms with Crippen molar-refractivity contribution < 1.29 is 14.6 Å². The number of aromatic hydroxyl groups is 1. The highest BCUT2D eigenvalue weighted by molar-refractivity contribution is 5.72. The molecular weight excluding hydrogens is 222 g/mol. The molecule has 0 amide bonds. The summed E-state index contributed by atoms with van der Waals surface area (Å²) in [6, 6.07) is 0. The summed E-state index contributed by atoms with van der Waals surface area (Å²) in [7, 11) is 1.41. The van der Waals surface area contributed by atoms with Gasteiger partial charge in [-0.05, 0) is 12.8 Å². The number of methoxy groups -OCH3 is 1. The highest BCUT2D eigenvalue weighted by atomic mass is 16.5. The van der Waals surface area contributed by atoms with Crippen LogP contribution in [0.4, 0.5) is 5.95 Å². The summed E-state index contributed by atoms with van der Waals surface area (Å²) in [5, 5.41) is 9.10. The minimum atomic E-state index is -0.142. The lowest BCUT2D eigenvalue weighted by Crippen LogP contribution is -2.37. The molecule has 0 atom stereocenters. The Morgan fingerprint density at radius 3 is 2.53 bits per heavy atom. The Labute approximate surface area is 99.2 Å². The van der Waals surface area contributed by atoms with E-state index in [1.165, 1.54) is 19.5 Å². The van der Waals surface area contributed by atoms with Gasteiger partial charge in [-0.2, -0.15) is 0 Å². The van der Waals surface area contributed by atoms with Gasteiger partial charge in [0.05, 0.1) is 25.4 Å². The lowest BCUT2D eigenvalue weighted by Gasteiger charge is -2.30. The zero-order valence-corrected chi connectivity index (χ0v) is 9.67. The molecule has 0 saturated carbocycles. The highest BCUT2D eigenvalue weighted by Crippen LogP contribution is 2.21. The Morgan fingerprint density at radius 1 is 1.41 bits per heavy atom. The number of aromatic nitrogens is 2. The molecule has 1 aromatic rings. The summed E-state index contributed by atoms with van der Waals surface area (Å²) in [6.45, 7) is 1.45.